The topological polar surface area (TPSA) is 97.0 Å². The van der Waals surface area contributed by atoms with E-state index >= 15 is 0 Å². The molecule has 142 valence electrons. The van der Waals surface area contributed by atoms with Crippen LogP contribution in [0.4, 0.5) is 10.5 Å². The molecule has 1 atom stereocenters. The molecule has 2 N–H and O–H groups in total. The van der Waals surface area contributed by atoms with Gasteiger partial charge in [0.2, 0.25) is 12.7 Å². The number of rotatable bonds is 3. The number of aryl methyl sites for hydroxylation is 1. The van der Waals surface area contributed by atoms with Crippen molar-refractivity contribution < 1.29 is 23.9 Å². The van der Waals surface area contributed by atoms with Crippen LogP contribution in [0.15, 0.2) is 42.5 Å². The predicted octanol–water partition coefficient (Wildman–Crippen LogP) is 1.75. The molecule has 3 aliphatic rings. The number of hydrogen-bond donors (Lipinski definition) is 2. The van der Waals surface area contributed by atoms with Crippen LogP contribution in [0.2, 0.25) is 0 Å². The van der Waals surface area contributed by atoms with Gasteiger partial charge in [0.1, 0.15) is 12.1 Å². The number of carbonyl (C=O) groups excluding carboxylic acids is 3. The summed E-state index contributed by atoms with van der Waals surface area (Å²) in [5.41, 5.74) is 1.30. The molecule has 1 spiro atoms. The molecule has 2 aromatic rings. The normalized spacial score (nSPS) is 21.8. The Labute approximate surface area is 160 Å². The Balaban J connectivity index is 1.33. The molecule has 8 nitrogen and oxygen atoms in total. The summed E-state index contributed by atoms with van der Waals surface area (Å²) in [6, 6.07) is 12.0. The molecule has 28 heavy (non-hydrogen) atoms. The lowest BCUT2D eigenvalue weighted by Crippen LogP contribution is -2.42. The first-order valence-electron chi connectivity index (χ1n) is 8.99. The van der Waals surface area contributed by atoms with E-state index in [4.69, 9.17) is 9.47 Å². The summed E-state index contributed by atoms with van der Waals surface area (Å²) in [6.45, 7) is -0.220. The van der Waals surface area contributed by atoms with Crippen LogP contribution in [0.25, 0.3) is 0 Å². The van der Waals surface area contributed by atoms with Gasteiger partial charge in [0.15, 0.2) is 11.5 Å². The highest BCUT2D eigenvalue weighted by Crippen LogP contribution is 2.41. The maximum absolute atomic E-state index is 13.1. The monoisotopic (exact) mass is 379 g/mol. The first-order chi connectivity index (χ1) is 13.6. The number of nitrogens with zero attached hydrogens (tertiary/aromatic N) is 1. The summed E-state index contributed by atoms with van der Waals surface area (Å²) in [7, 11) is 0. The third-order valence-electron chi connectivity index (χ3n) is 5.38. The summed E-state index contributed by atoms with van der Waals surface area (Å²) in [4.78, 5) is 39.0. The van der Waals surface area contributed by atoms with Crippen molar-refractivity contribution in [2.75, 3.05) is 18.7 Å². The highest BCUT2D eigenvalue weighted by molar-refractivity contribution is 6.11. The van der Waals surface area contributed by atoms with E-state index < -0.39 is 17.5 Å². The van der Waals surface area contributed by atoms with Crippen molar-refractivity contribution in [3.63, 3.8) is 0 Å². The van der Waals surface area contributed by atoms with Gasteiger partial charge in [0.05, 0.1) is 0 Å². The summed E-state index contributed by atoms with van der Waals surface area (Å²) < 4.78 is 10.5. The van der Waals surface area contributed by atoms with E-state index in [0.29, 0.717) is 30.0 Å². The molecule has 0 bridgehead atoms. The number of nitrogens with one attached hydrogen (secondary N) is 2. The second-order valence-electron chi connectivity index (χ2n) is 7.00. The van der Waals surface area contributed by atoms with E-state index in [1.165, 1.54) is 0 Å². The van der Waals surface area contributed by atoms with Crippen molar-refractivity contribution in [3.8, 4) is 11.5 Å². The first kappa shape index (κ1) is 16.6. The summed E-state index contributed by atoms with van der Waals surface area (Å²) in [6.07, 6.45) is 1.20. The third kappa shape index (κ3) is 2.41. The zero-order valence-electron chi connectivity index (χ0n) is 14.9. The molecule has 8 heteroatoms. The Hall–Kier alpha value is -3.55. The molecule has 0 aromatic heterocycles. The fourth-order valence-corrected chi connectivity index (χ4v) is 4.05. The average molecular weight is 379 g/mol. The van der Waals surface area contributed by atoms with Gasteiger partial charge in [-0.1, -0.05) is 24.3 Å². The molecule has 2 aliphatic heterocycles. The zero-order valence-corrected chi connectivity index (χ0v) is 14.9. The highest BCUT2D eigenvalue weighted by Gasteiger charge is 2.55. The van der Waals surface area contributed by atoms with Crippen molar-refractivity contribution in [2.45, 2.75) is 18.4 Å². The van der Waals surface area contributed by atoms with Gasteiger partial charge in [-0.25, -0.2) is 4.79 Å². The maximum Gasteiger partial charge on any atom is 0.325 e. The molecule has 2 heterocycles. The Morgan fingerprint density at radius 1 is 1.14 bits per heavy atom. The number of anilines is 1. The lowest BCUT2D eigenvalue weighted by atomic mass is 9.92. The lowest BCUT2D eigenvalue weighted by molar-refractivity contribution is -0.134. The Morgan fingerprint density at radius 2 is 1.96 bits per heavy atom. The smallest absolute Gasteiger partial charge is 0.325 e. The minimum atomic E-state index is -1.06. The summed E-state index contributed by atoms with van der Waals surface area (Å²) in [5.74, 6) is 0.289. The number of imide groups is 1. The van der Waals surface area contributed by atoms with Crippen LogP contribution in [-0.4, -0.2) is 36.1 Å². The number of hydrogen-bond acceptors (Lipinski definition) is 5. The second kappa shape index (κ2) is 5.98. The molecular formula is C20H17N3O5. The number of urea groups is 1. The molecule has 4 amide bonds. The van der Waals surface area contributed by atoms with Crippen LogP contribution in [0.5, 0.6) is 11.5 Å². The van der Waals surface area contributed by atoms with Gasteiger partial charge in [-0.05, 0) is 36.1 Å². The van der Waals surface area contributed by atoms with E-state index in [2.05, 4.69) is 10.6 Å². The fraction of sp³-hybridized carbons (Fsp3) is 0.250. The molecule has 1 unspecified atom stereocenters. The predicted molar refractivity (Wildman–Crippen MR) is 97.9 cm³/mol. The minimum absolute atomic E-state index is 0.138. The molecule has 5 rings (SSSR count). The molecule has 1 saturated heterocycles. The highest BCUT2D eigenvalue weighted by atomic mass is 16.7. The largest absolute Gasteiger partial charge is 0.454 e. The van der Waals surface area contributed by atoms with Crippen molar-refractivity contribution in [1.82, 2.24) is 10.2 Å². The van der Waals surface area contributed by atoms with Crippen LogP contribution in [0, 0.1) is 0 Å². The van der Waals surface area contributed by atoms with Gasteiger partial charge < -0.3 is 20.1 Å². The average Bonchev–Trinajstić information content (AvgIpc) is 3.36. The van der Waals surface area contributed by atoms with E-state index in [1.807, 2.05) is 24.3 Å². The van der Waals surface area contributed by atoms with Gasteiger partial charge in [-0.15, -0.1) is 0 Å². The van der Waals surface area contributed by atoms with Crippen molar-refractivity contribution in [1.29, 1.82) is 0 Å². The fourth-order valence-electron chi connectivity index (χ4n) is 4.05. The van der Waals surface area contributed by atoms with Crippen LogP contribution < -0.4 is 20.1 Å². The minimum Gasteiger partial charge on any atom is -0.454 e. The molecule has 1 fully saturated rings. The van der Waals surface area contributed by atoms with E-state index in [-0.39, 0.29) is 19.2 Å². The molecule has 0 radical (unpaired) electrons. The second-order valence-corrected chi connectivity index (χ2v) is 7.00. The maximum atomic E-state index is 13.1. The zero-order chi connectivity index (χ0) is 19.3. The van der Waals surface area contributed by atoms with Crippen LogP contribution in [0.1, 0.15) is 17.5 Å². The lowest BCUT2D eigenvalue weighted by Gasteiger charge is -2.22. The van der Waals surface area contributed by atoms with Gasteiger partial charge in [-0.3, -0.25) is 14.5 Å². The van der Waals surface area contributed by atoms with Crippen molar-refractivity contribution in [3.05, 3.63) is 53.6 Å². The molecule has 0 saturated carbocycles. The van der Waals surface area contributed by atoms with E-state index in [9.17, 15) is 14.4 Å². The quantitative estimate of drug-likeness (QED) is 0.792. The molecule has 2 aromatic carbocycles. The SMILES string of the molecule is O=C(CN1C(=O)NC2(CCc3ccccc32)C1=O)Nc1ccc2c(c1)OCO2. The van der Waals surface area contributed by atoms with Crippen LogP contribution in [0.3, 0.4) is 0 Å². The van der Waals surface area contributed by atoms with Crippen molar-refractivity contribution >= 4 is 23.5 Å². The van der Waals surface area contributed by atoms with E-state index in [0.717, 1.165) is 16.0 Å². The number of carbonyl (C=O) groups is 3. The van der Waals surface area contributed by atoms with Crippen LogP contribution in [-0.2, 0) is 21.5 Å². The summed E-state index contributed by atoms with van der Waals surface area (Å²) >= 11 is 0. The van der Waals surface area contributed by atoms with Crippen molar-refractivity contribution in [2.24, 2.45) is 0 Å². The number of ether oxygens (including phenoxy) is 2. The Morgan fingerprint density at radius 3 is 2.86 bits per heavy atom. The van der Waals surface area contributed by atoms with Gasteiger partial charge in [0, 0.05) is 11.8 Å². The van der Waals surface area contributed by atoms with Crippen LogP contribution >= 0.6 is 0 Å². The van der Waals surface area contributed by atoms with E-state index in [1.54, 1.807) is 18.2 Å². The Bertz CT molecular complexity index is 1020. The third-order valence-corrected chi connectivity index (χ3v) is 5.38. The standard InChI is InChI=1S/C20H17N3O5/c24-17(21-13-5-6-15-16(9-13)28-11-27-15)10-23-18(25)20(22-19(23)26)8-7-12-3-1-2-4-14(12)20/h1-6,9H,7-8,10-11H2,(H,21,24)(H,22,26). The Kier molecular flexibility index (Phi) is 3.55. The number of benzene rings is 2. The van der Waals surface area contributed by atoms with Gasteiger partial charge in [-0.2, -0.15) is 0 Å². The molecular weight excluding hydrogens is 362 g/mol. The summed E-state index contributed by atoms with van der Waals surface area (Å²) in [5, 5.41) is 5.50. The van der Waals surface area contributed by atoms with Gasteiger partial charge in [0.25, 0.3) is 5.91 Å². The first-order valence-corrected chi connectivity index (χ1v) is 8.99. The number of amides is 4. The van der Waals surface area contributed by atoms with Gasteiger partial charge >= 0.3 is 6.03 Å². The number of fused-ring (bicyclic) bond motifs is 3. The molecule has 1 aliphatic carbocycles.